The van der Waals surface area contributed by atoms with E-state index in [4.69, 9.17) is 0 Å². The van der Waals surface area contributed by atoms with Crippen molar-refractivity contribution in [3.05, 3.63) is 64.5 Å². The molecule has 0 aliphatic carbocycles. The molecule has 0 unspecified atom stereocenters. The van der Waals surface area contributed by atoms with Crippen LogP contribution in [-0.2, 0) is 10.0 Å². The summed E-state index contributed by atoms with van der Waals surface area (Å²) in [5, 5.41) is 11.3. The zero-order valence-corrected chi connectivity index (χ0v) is 12.3. The number of fused-ring (bicyclic) bond motifs is 1. The lowest BCUT2D eigenvalue weighted by atomic mass is 10.2. The first-order valence-electron chi connectivity index (χ1n) is 6.34. The van der Waals surface area contributed by atoms with E-state index in [2.05, 4.69) is 4.98 Å². The third-order valence-corrected chi connectivity index (χ3v) is 4.95. The van der Waals surface area contributed by atoms with Crippen molar-refractivity contribution in [2.45, 2.75) is 11.8 Å². The van der Waals surface area contributed by atoms with Crippen molar-refractivity contribution in [1.29, 1.82) is 0 Å². The van der Waals surface area contributed by atoms with Crippen LogP contribution >= 0.6 is 0 Å². The van der Waals surface area contributed by atoms with E-state index in [1.807, 2.05) is 6.92 Å². The largest absolute Gasteiger partial charge is 0.297 e. The number of benzene rings is 1. The van der Waals surface area contributed by atoms with Gasteiger partial charge >= 0.3 is 0 Å². The fourth-order valence-corrected chi connectivity index (χ4v) is 3.49. The highest BCUT2D eigenvalue weighted by atomic mass is 32.2. The van der Waals surface area contributed by atoms with E-state index in [0.29, 0.717) is 0 Å². The summed E-state index contributed by atoms with van der Waals surface area (Å²) in [6.07, 6.45) is 2.39. The minimum absolute atomic E-state index is 0.0368. The molecule has 1 aromatic carbocycles. The number of hydrogen-bond acceptors (Lipinski definition) is 5. The molecule has 0 radical (unpaired) electrons. The average Bonchev–Trinajstić information content (AvgIpc) is 2.88. The van der Waals surface area contributed by atoms with Gasteiger partial charge in [-0.05, 0) is 31.2 Å². The van der Waals surface area contributed by atoms with Crippen LogP contribution in [0.4, 0.5) is 5.69 Å². The Morgan fingerprint density at radius 1 is 1.18 bits per heavy atom. The van der Waals surface area contributed by atoms with Gasteiger partial charge in [0, 0.05) is 6.20 Å². The van der Waals surface area contributed by atoms with Crippen LogP contribution in [0.2, 0.25) is 0 Å². The fourth-order valence-electron chi connectivity index (χ4n) is 2.17. The van der Waals surface area contributed by atoms with E-state index in [1.165, 1.54) is 30.5 Å². The third kappa shape index (κ3) is 2.13. The molecule has 0 fully saturated rings. The molecule has 3 aromatic rings. The molecule has 0 saturated carbocycles. The minimum atomic E-state index is -3.95. The summed E-state index contributed by atoms with van der Waals surface area (Å²) in [4.78, 5) is 14.5. The molecule has 3 rings (SSSR count). The summed E-state index contributed by atoms with van der Waals surface area (Å²) in [6, 6.07) is 9.26. The zero-order valence-electron chi connectivity index (χ0n) is 11.5. The summed E-state index contributed by atoms with van der Waals surface area (Å²) in [7, 11) is -3.95. The number of rotatable bonds is 3. The van der Waals surface area contributed by atoms with E-state index in [9.17, 15) is 18.5 Å². The number of aromatic nitrogens is 2. The van der Waals surface area contributed by atoms with Crippen LogP contribution in [0, 0.1) is 17.0 Å². The van der Waals surface area contributed by atoms with Gasteiger partial charge < -0.3 is 0 Å². The van der Waals surface area contributed by atoms with Gasteiger partial charge in [-0.2, -0.15) is 0 Å². The van der Waals surface area contributed by atoms with Crippen LogP contribution < -0.4 is 0 Å². The summed E-state index contributed by atoms with van der Waals surface area (Å²) in [5.74, 6) is 0. The molecule has 0 atom stereocenters. The molecule has 0 N–H and O–H groups in total. The maximum absolute atomic E-state index is 12.7. The highest BCUT2D eigenvalue weighted by molar-refractivity contribution is 7.90. The van der Waals surface area contributed by atoms with Gasteiger partial charge in [0.2, 0.25) is 0 Å². The van der Waals surface area contributed by atoms with Gasteiger partial charge in [0.25, 0.3) is 15.7 Å². The van der Waals surface area contributed by atoms with Crippen LogP contribution in [-0.4, -0.2) is 22.3 Å². The second kappa shape index (κ2) is 4.92. The molecule has 2 aromatic heterocycles. The Hall–Kier alpha value is -2.74. The van der Waals surface area contributed by atoms with E-state index in [0.717, 1.165) is 15.7 Å². The number of pyridine rings is 1. The smallest absolute Gasteiger partial charge is 0.258 e. The lowest BCUT2D eigenvalue weighted by molar-refractivity contribution is -0.383. The molecule has 0 bridgehead atoms. The van der Waals surface area contributed by atoms with Crippen LogP contribution in [0.5, 0.6) is 0 Å². The van der Waals surface area contributed by atoms with Crippen LogP contribution in [0.15, 0.2) is 53.7 Å². The highest BCUT2D eigenvalue weighted by Crippen LogP contribution is 2.29. The van der Waals surface area contributed by atoms with Crippen molar-refractivity contribution >= 4 is 26.7 Å². The first-order chi connectivity index (χ1) is 10.4. The van der Waals surface area contributed by atoms with Gasteiger partial charge in [0.15, 0.2) is 5.65 Å². The molecular weight excluding hydrogens is 306 g/mol. The number of nitro groups is 1. The molecule has 0 aliphatic heterocycles. The number of nitrogens with zero attached hydrogens (tertiary/aromatic N) is 3. The van der Waals surface area contributed by atoms with E-state index in [-0.39, 0.29) is 21.6 Å². The molecule has 0 spiro atoms. The van der Waals surface area contributed by atoms with Crippen molar-refractivity contribution in [1.82, 2.24) is 8.96 Å². The molecule has 22 heavy (non-hydrogen) atoms. The maximum atomic E-state index is 12.7. The number of aryl methyl sites for hydroxylation is 1. The molecular formula is C14H11N3O4S. The van der Waals surface area contributed by atoms with Gasteiger partial charge in [-0.25, -0.2) is 17.4 Å². The Balaban J connectivity index is 2.30. The van der Waals surface area contributed by atoms with Gasteiger partial charge in [-0.1, -0.05) is 17.7 Å². The van der Waals surface area contributed by atoms with E-state index < -0.39 is 14.9 Å². The minimum Gasteiger partial charge on any atom is -0.258 e. The van der Waals surface area contributed by atoms with Crippen LogP contribution in [0.1, 0.15) is 5.56 Å². The van der Waals surface area contributed by atoms with Crippen LogP contribution in [0.25, 0.3) is 11.0 Å². The molecule has 2 heterocycles. The van der Waals surface area contributed by atoms with Gasteiger partial charge in [0.1, 0.15) is 6.20 Å². The summed E-state index contributed by atoms with van der Waals surface area (Å²) in [5.41, 5.74) is 0.661. The van der Waals surface area contributed by atoms with Gasteiger partial charge in [-0.15, -0.1) is 0 Å². The number of hydrogen-bond donors (Lipinski definition) is 0. The lowest BCUT2D eigenvalue weighted by Crippen LogP contribution is -2.12. The molecule has 0 amide bonds. The Kier molecular flexibility index (Phi) is 3.18. The van der Waals surface area contributed by atoms with Crippen molar-refractivity contribution in [2.75, 3.05) is 0 Å². The Morgan fingerprint density at radius 3 is 2.50 bits per heavy atom. The van der Waals surface area contributed by atoms with Crippen molar-refractivity contribution in [2.24, 2.45) is 0 Å². The predicted molar refractivity (Wildman–Crippen MR) is 80.2 cm³/mol. The highest BCUT2D eigenvalue weighted by Gasteiger charge is 2.26. The van der Waals surface area contributed by atoms with Crippen molar-refractivity contribution < 1.29 is 13.3 Å². The molecule has 7 nitrogen and oxygen atoms in total. The normalized spacial score (nSPS) is 11.7. The SMILES string of the molecule is Cc1ccc(S(=O)(=O)n2cc([N+](=O)[O-])c3cccnc32)cc1. The summed E-state index contributed by atoms with van der Waals surface area (Å²) in [6.45, 7) is 1.84. The monoisotopic (exact) mass is 317 g/mol. The molecule has 0 aliphatic rings. The average molecular weight is 317 g/mol. The van der Waals surface area contributed by atoms with E-state index in [1.54, 1.807) is 12.1 Å². The fraction of sp³-hybridized carbons (Fsp3) is 0.0714. The standard InChI is InChI=1S/C14H11N3O4S/c1-10-4-6-11(7-5-10)22(20,21)16-9-13(17(18)19)12-3-2-8-15-14(12)16/h2-9H,1H3. The zero-order chi connectivity index (χ0) is 15.9. The molecule has 8 heteroatoms. The summed E-state index contributed by atoms with van der Waals surface area (Å²) < 4.78 is 26.2. The van der Waals surface area contributed by atoms with Crippen LogP contribution in [0.3, 0.4) is 0 Å². The first kappa shape index (κ1) is 14.2. The Bertz CT molecular complexity index is 975. The summed E-state index contributed by atoms with van der Waals surface area (Å²) >= 11 is 0. The first-order valence-corrected chi connectivity index (χ1v) is 7.78. The second-order valence-electron chi connectivity index (χ2n) is 4.76. The Labute approximate surface area is 126 Å². The maximum Gasteiger partial charge on any atom is 0.297 e. The van der Waals surface area contributed by atoms with E-state index >= 15 is 0 Å². The van der Waals surface area contributed by atoms with Gasteiger partial charge in [0.05, 0.1) is 15.2 Å². The third-order valence-electron chi connectivity index (χ3n) is 3.29. The topological polar surface area (TPSA) is 95.1 Å². The van der Waals surface area contributed by atoms with Gasteiger partial charge in [-0.3, -0.25) is 10.1 Å². The second-order valence-corrected chi connectivity index (χ2v) is 6.57. The Morgan fingerprint density at radius 2 is 1.86 bits per heavy atom. The quantitative estimate of drug-likeness (QED) is 0.546. The van der Waals surface area contributed by atoms with Crippen molar-refractivity contribution in [3.8, 4) is 0 Å². The molecule has 0 saturated heterocycles. The van der Waals surface area contributed by atoms with Crippen molar-refractivity contribution in [3.63, 3.8) is 0 Å². The lowest BCUT2D eigenvalue weighted by Gasteiger charge is -2.06. The molecule has 112 valence electrons. The predicted octanol–water partition coefficient (Wildman–Crippen LogP) is 2.49.